The summed E-state index contributed by atoms with van der Waals surface area (Å²) < 4.78 is 48.7. The van der Waals surface area contributed by atoms with E-state index in [9.17, 15) is 23.4 Å². The highest BCUT2D eigenvalue weighted by Gasteiger charge is 2.56. The number of alkyl halides is 3. The van der Waals surface area contributed by atoms with Crippen LogP contribution in [0.5, 0.6) is 0 Å². The molecule has 0 aromatic carbocycles. The maximum Gasteiger partial charge on any atom is 0.417 e. The number of thioether (sulfide) groups is 1. The van der Waals surface area contributed by atoms with Gasteiger partial charge in [0.15, 0.2) is 11.3 Å². The van der Waals surface area contributed by atoms with E-state index in [4.69, 9.17) is 4.74 Å². The van der Waals surface area contributed by atoms with E-state index in [0.29, 0.717) is 11.7 Å². The van der Waals surface area contributed by atoms with Gasteiger partial charge in [-0.05, 0) is 6.92 Å². The van der Waals surface area contributed by atoms with E-state index in [2.05, 4.69) is 9.73 Å². The quantitative estimate of drug-likeness (QED) is 0.774. The van der Waals surface area contributed by atoms with Crippen molar-refractivity contribution in [2.45, 2.75) is 49.0 Å². The predicted octanol–water partition coefficient (Wildman–Crippen LogP) is 0.433. The van der Waals surface area contributed by atoms with Crippen molar-refractivity contribution in [1.29, 1.82) is 0 Å². The third-order valence-electron chi connectivity index (χ3n) is 3.76. The Morgan fingerprint density at radius 1 is 1.41 bits per heavy atom. The van der Waals surface area contributed by atoms with Crippen LogP contribution in [0.2, 0.25) is 0 Å². The molecule has 1 fully saturated rings. The van der Waals surface area contributed by atoms with E-state index >= 15 is 0 Å². The lowest BCUT2D eigenvalue weighted by Crippen LogP contribution is -2.61. The molecule has 0 amide bonds. The van der Waals surface area contributed by atoms with Crippen molar-refractivity contribution in [2.75, 3.05) is 20.7 Å². The van der Waals surface area contributed by atoms with E-state index in [0.717, 1.165) is 18.9 Å². The maximum absolute atomic E-state index is 13.0. The largest absolute Gasteiger partial charge is 0.417 e. The first-order chi connectivity index (χ1) is 10.2. The average Bonchev–Trinajstić information content (AvgIpc) is 2.86. The number of hydrogen-bond acceptors (Lipinski definition) is 7. The minimum atomic E-state index is -4.71. The second kappa shape index (κ2) is 6.52. The van der Waals surface area contributed by atoms with Crippen LogP contribution in [0, 0.1) is 0 Å². The molecular weight excluding hydrogens is 325 g/mol. The molecule has 0 aromatic rings. The Hall–Kier alpha value is -0.550. The van der Waals surface area contributed by atoms with Crippen molar-refractivity contribution in [3.8, 4) is 0 Å². The Morgan fingerprint density at radius 3 is 2.55 bits per heavy atom. The Kier molecular flexibility index (Phi) is 5.27. The smallest absolute Gasteiger partial charge is 0.388 e. The normalized spacial score (nSPS) is 36.7. The van der Waals surface area contributed by atoms with Gasteiger partial charge < -0.3 is 24.6 Å². The van der Waals surface area contributed by atoms with Crippen molar-refractivity contribution in [3.63, 3.8) is 0 Å². The van der Waals surface area contributed by atoms with E-state index < -0.39 is 42.1 Å². The lowest BCUT2D eigenvalue weighted by molar-refractivity contribution is -0.278. The number of hydrogen-bond donors (Lipinski definition) is 2. The van der Waals surface area contributed by atoms with Crippen LogP contribution in [0.25, 0.3) is 0 Å². The van der Waals surface area contributed by atoms with E-state index in [1.54, 1.807) is 11.9 Å². The zero-order valence-electron chi connectivity index (χ0n) is 12.3. The van der Waals surface area contributed by atoms with Gasteiger partial charge in [-0.1, -0.05) is 11.8 Å². The fourth-order valence-corrected chi connectivity index (χ4v) is 3.64. The number of aliphatic hydroxyl groups excluding tert-OH is 2. The van der Waals surface area contributed by atoms with Crippen molar-refractivity contribution in [3.05, 3.63) is 0 Å². The monoisotopic (exact) mass is 344 g/mol. The number of aliphatic imine (C=N–C) groups is 1. The molecule has 0 aliphatic carbocycles. The van der Waals surface area contributed by atoms with E-state index in [1.807, 2.05) is 6.92 Å². The van der Waals surface area contributed by atoms with Crippen LogP contribution >= 0.6 is 11.8 Å². The summed E-state index contributed by atoms with van der Waals surface area (Å²) in [6.45, 7) is 2.54. The van der Waals surface area contributed by atoms with Crippen LogP contribution in [0.1, 0.15) is 6.92 Å². The zero-order chi connectivity index (χ0) is 16.7. The molecule has 2 aliphatic heterocycles. The first-order valence-electron chi connectivity index (χ1n) is 6.77. The molecule has 0 spiro atoms. The zero-order valence-corrected chi connectivity index (χ0v) is 13.1. The Labute approximate surface area is 130 Å². The highest BCUT2D eigenvalue weighted by atomic mass is 32.2. The number of fused-ring (bicyclic) bond motifs is 1. The fraction of sp³-hybridized carbons (Fsp3) is 0.917. The summed E-state index contributed by atoms with van der Waals surface area (Å²) in [5.74, 6) is 0. The van der Waals surface area contributed by atoms with Gasteiger partial charge in [0.05, 0.1) is 0 Å². The molecule has 2 rings (SSSR count). The molecule has 10 heteroatoms. The molecule has 128 valence electrons. The van der Waals surface area contributed by atoms with Gasteiger partial charge >= 0.3 is 6.18 Å². The van der Waals surface area contributed by atoms with Gasteiger partial charge in [0.2, 0.25) is 0 Å². The van der Waals surface area contributed by atoms with Crippen LogP contribution in [0.15, 0.2) is 4.99 Å². The Balaban J connectivity index is 2.19. The fourth-order valence-electron chi connectivity index (χ4n) is 2.40. The second-order valence-electron chi connectivity index (χ2n) is 5.18. The molecule has 0 bridgehead atoms. The molecule has 1 saturated heterocycles. The summed E-state index contributed by atoms with van der Waals surface area (Å²) >= 11 is 1.14. The summed E-state index contributed by atoms with van der Waals surface area (Å²) in [5.41, 5.74) is -0.785. The topological polar surface area (TPSA) is 74.5 Å². The van der Waals surface area contributed by atoms with Crippen LogP contribution < -0.4 is 0 Å². The minimum Gasteiger partial charge on any atom is -0.388 e. The van der Waals surface area contributed by atoms with Gasteiger partial charge in [0.25, 0.3) is 0 Å². The SMILES string of the molecule is CCN(C)C1=N[C@@H]2[C@@H](O)[C@H](O)[C@@H]([C@@H](OC)C(F)(F)F)O[C@@H]2S1. The first kappa shape index (κ1) is 17.8. The number of halogens is 3. The summed E-state index contributed by atoms with van der Waals surface area (Å²) in [4.78, 5) is 6.03. The first-order valence-corrected chi connectivity index (χ1v) is 7.65. The van der Waals surface area contributed by atoms with Crippen molar-refractivity contribution >= 4 is 16.9 Å². The minimum absolute atomic E-state index is 0.561. The van der Waals surface area contributed by atoms with Gasteiger partial charge in [-0.3, -0.25) is 4.99 Å². The summed E-state index contributed by atoms with van der Waals surface area (Å²) in [5, 5.41) is 20.7. The molecule has 2 aliphatic rings. The third kappa shape index (κ3) is 3.21. The molecular formula is C12H19F3N2O4S. The van der Waals surface area contributed by atoms with Crippen LogP contribution in [0.4, 0.5) is 13.2 Å². The highest BCUT2D eigenvalue weighted by molar-refractivity contribution is 8.14. The predicted molar refractivity (Wildman–Crippen MR) is 74.6 cm³/mol. The maximum atomic E-state index is 13.0. The van der Waals surface area contributed by atoms with Gasteiger partial charge in [0, 0.05) is 20.7 Å². The van der Waals surface area contributed by atoms with Crippen LogP contribution in [-0.4, -0.2) is 83.1 Å². The van der Waals surface area contributed by atoms with Gasteiger partial charge in [-0.25, -0.2) is 0 Å². The van der Waals surface area contributed by atoms with Crippen LogP contribution in [0.3, 0.4) is 0 Å². The summed E-state index contributed by atoms with van der Waals surface area (Å²) in [7, 11) is 2.67. The Bertz CT molecular complexity index is 437. The molecule has 0 saturated carbocycles. The molecule has 6 atom stereocenters. The number of aliphatic hydroxyl groups is 2. The number of ether oxygens (including phenoxy) is 2. The average molecular weight is 344 g/mol. The highest BCUT2D eigenvalue weighted by Crippen LogP contribution is 2.40. The molecule has 0 aromatic heterocycles. The van der Waals surface area contributed by atoms with Crippen molar-refractivity contribution in [2.24, 2.45) is 4.99 Å². The lowest BCUT2D eigenvalue weighted by Gasteiger charge is -2.41. The second-order valence-corrected chi connectivity index (χ2v) is 6.25. The van der Waals surface area contributed by atoms with E-state index in [-0.39, 0.29) is 0 Å². The van der Waals surface area contributed by atoms with E-state index in [1.165, 1.54) is 0 Å². The molecule has 2 N–H and O–H groups in total. The van der Waals surface area contributed by atoms with Gasteiger partial charge in [-0.15, -0.1) is 0 Å². The third-order valence-corrected chi connectivity index (χ3v) is 5.01. The summed E-state index contributed by atoms with van der Waals surface area (Å²) in [6.07, 6.45) is -11.9. The number of rotatable bonds is 3. The molecule has 22 heavy (non-hydrogen) atoms. The Morgan fingerprint density at radius 2 is 2.05 bits per heavy atom. The summed E-state index contributed by atoms with van der Waals surface area (Å²) in [6, 6.07) is -0.800. The molecule has 2 heterocycles. The van der Waals surface area contributed by atoms with Gasteiger partial charge in [0.1, 0.15) is 29.8 Å². The number of nitrogens with zero attached hydrogens (tertiary/aromatic N) is 2. The molecule has 0 radical (unpaired) electrons. The van der Waals surface area contributed by atoms with Crippen molar-refractivity contribution < 1.29 is 32.9 Å². The standard InChI is InChI=1S/C12H19F3N2O4S/c1-4-17(2)11-16-5-6(18)7(19)8(21-10(5)22-11)9(20-3)12(13,14)15/h5-10,18-19H,4H2,1-3H3/t5-,6-,7+,8+,9-,10-/m1/s1. The number of methoxy groups -OCH3 is 1. The molecule has 6 nitrogen and oxygen atoms in total. The molecule has 0 unspecified atom stereocenters. The van der Waals surface area contributed by atoms with Crippen molar-refractivity contribution in [1.82, 2.24) is 4.90 Å². The van der Waals surface area contributed by atoms with Gasteiger partial charge in [-0.2, -0.15) is 13.2 Å². The number of amidine groups is 1. The van der Waals surface area contributed by atoms with Crippen LogP contribution in [-0.2, 0) is 9.47 Å². The lowest BCUT2D eigenvalue weighted by atomic mass is 9.94.